The minimum Gasteiger partial charge on any atom is -0.394 e. The zero-order valence-corrected chi connectivity index (χ0v) is 10.4. The van der Waals surface area contributed by atoms with Crippen LogP contribution in [0, 0.1) is 5.92 Å². The second kappa shape index (κ2) is 10.4. The van der Waals surface area contributed by atoms with Crippen molar-refractivity contribution in [1.29, 1.82) is 0 Å². The number of amides is 1. The molecule has 0 spiro atoms. The van der Waals surface area contributed by atoms with Gasteiger partial charge >= 0.3 is 0 Å². The fourth-order valence-corrected chi connectivity index (χ4v) is 0.803. The van der Waals surface area contributed by atoms with Crippen molar-refractivity contribution in [2.24, 2.45) is 11.1 Å². The van der Waals surface area contributed by atoms with Crippen molar-refractivity contribution in [3.63, 3.8) is 0 Å². The summed E-state index contributed by atoms with van der Waals surface area (Å²) < 4.78 is 5.22. The number of hydrogen-bond acceptors (Lipinski definition) is 4. The lowest BCUT2D eigenvalue weighted by Gasteiger charge is -2.04. The molecule has 16 heavy (non-hydrogen) atoms. The highest BCUT2D eigenvalue weighted by Crippen LogP contribution is 1.86. The summed E-state index contributed by atoms with van der Waals surface area (Å²) in [5.74, 6) is 0.437. The molecule has 0 radical (unpaired) electrons. The molecule has 0 aromatic rings. The summed E-state index contributed by atoms with van der Waals surface area (Å²) in [7, 11) is 0. The topological polar surface area (TPSA) is 59.9 Å². The molecular formula is C11H22N2O3. The lowest BCUT2D eigenvalue weighted by atomic mass is 10.3. The van der Waals surface area contributed by atoms with Crippen molar-refractivity contribution in [2.75, 3.05) is 26.4 Å². The first-order valence-electron chi connectivity index (χ1n) is 5.66. The Morgan fingerprint density at radius 2 is 2.12 bits per heavy atom. The molecule has 0 aromatic carbocycles. The van der Waals surface area contributed by atoms with Gasteiger partial charge in [-0.1, -0.05) is 25.9 Å². The van der Waals surface area contributed by atoms with Crippen LogP contribution in [-0.4, -0.2) is 38.5 Å². The van der Waals surface area contributed by atoms with E-state index < -0.39 is 0 Å². The Labute approximate surface area is 97.2 Å². The first kappa shape index (κ1) is 14.9. The Kier molecular flexibility index (Phi) is 9.70. The molecule has 0 aliphatic rings. The molecule has 0 aliphatic carbocycles. The smallest absolute Gasteiger partial charge is 0.219 e. The zero-order valence-electron chi connectivity index (χ0n) is 10.4. The highest BCUT2D eigenvalue weighted by atomic mass is 16.6. The van der Waals surface area contributed by atoms with Gasteiger partial charge in [0, 0.05) is 19.2 Å². The molecule has 1 N–H and O–H groups in total. The molecule has 0 unspecified atom stereocenters. The van der Waals surface area contributed by atoms with Gasteiger partial charge in [-0.15, -0.1) is 0 Å². The zero-order chi connectivity index (χ0) is 12.2. The highest BCUT2D eigenvalue weighted by Gasteiger charge is 1.94. The normalized spacial score (nSPS) is 11.0. The van der Waals surface area contributed by atoms with E-state index in [2.05, 4.69) is 10.5 Å². The molecule has 0 atom stereocenters. The Hall–Kier alpha value is -1.10. The van der Waals surface area contributed by atoms with Crippen LogP contribution in [0.3, 0.4) is 0 Å². The molecule has 5 nitrogen and oxygen atoms in total. The van der Waals surface area contributed by atoms with Gasteiger partial charge in [0.15, 0.2) is 0 Å². The maximum Gasteiger partial charge on any atom is 0.219 e. The van der Waals surface area contributed by atoms with E-state index in [1.807, 2.05) is 20.8 Å². The fraction of sp³-hybridized carbons (Fsp3) is 0.818. The number of carbonyl (C=O) groups excluding carboxylic acids is 1. The Bertz CT molecular complexity index is 205. The summed E-state index contributed by atoms with van der Waals surface area (Å²) in [6.45, 7) is 7.84. The third-order valence-electron chi connectivity index (χ3n) is 1.64. The number of ether oxygens (including phenoxy) is 1. The quantitative estimate of drug-likeness (QED) is 0.368. The maximum atomic E-state index is 10.8. The van der Waals surface area contributed by atoms with Crippen LogP contribution in [0.1, 0.15) is 27.2 Å². The van der Waals surface area contributed by atoms with Crippen molar-refractivity contribution in [3.05, 3.63) is 0 Å². The molecule has 0 fully saturated rings. The molecule has 94 valence electrons. The average Bonchev–Trinajstić information content (AvgIpc) is 2.26. The standard InChI is InChI=1S/C11H22N2O3/c1-4-11(14)12-5-6-15-7-8-16-13-9-10(2)3/h9-10H,4-8H2,1-3H3,(H,12,14)/b13-9+. The van der Waals surface area contributed by atoms with Crippen molar-refractivity contribution in [1.82, 2.24) is 5.32 Å². The summed E-state index contributed by atoms with van der Waals surface area (Å²) in [6, 6.07) is 0. The molecular weight excluding hydrogens is 208 g/mol. The van der Waals surface area contributed by atoms with Gasteiger partial charge in [-0.3, -0.25) is 4.79 Å². The van der Waals surface area contributed by atoms with Crippen molar-refractivity contribution in [2.45, 2.75) is 27.2 Å². The first-order chi connectivity index (χ1) is 7.66. The van der Waals surface area contributed by atoms with Crippen LogP contribution >= 0.6 is 0 Å². The summed E-state index contributed by atoms with van der Waals surface area (Å²) in [5, 5.41) is 6.47. The van der Waals surface area contributed by atoms with Gasteiger partial charge in [0.1, 0.15) is 6.61 Å². The molecule has 0 heterocycles. The Balaban J connectivity index is 3.13. The molecule has 5 heteroatoms. The number of hydrogen-bond donors (Lipinski definition) is 1. The van der Waals surface area contributed by atoms with E-state index in [4.69, 9.17) is 9.57 Å². The van der Waals surface area contributed by atoms with Crippen LogP contribution < -0.4 is 5.32 Å². The van der Waals surface area contributed by atoms with Crippen LogP contribution in [0.2, 0.25) is 0 Å². The highest BCUT2D eigenvalue weighted by molar-refractivity contribution is 5.75. The van der Waals surface area contributed by atoms with Crippen molar-refractivity contribution in [3.8, 4) is 0 Å². The minimum atomic E-state index is 0.0429. The van der Waals surface area contributed by atoms with Crippen LogP contribution in [-0.2, 0) is 14.4 Å². The number of nitrogens with zero attached hydrogens (tertiary/aromatic N) is 1. The summed E-state index contributed by atoms with van der Waals surface area (Å²) in [5.41, 5.74) is 0. The van der Waals surface area contributed by atoms with Gasteiger partial charge in [0.05, 0.1) is 13.2 Å². The first-order valence-corrected chi connectivity index (χ1v) is 5.66. The van der Waals surface area contributed by atoms with Crippen molar-refractivity contribution < 1.29 is 14.4 Å². The van der Waals surface area contributed by atoms with Crippen molar-refractivity contribution >= 4 is 12.1 Å². The molecule has 1 amide bonds. The van der Waals surface area contributed by atoms with Crippen LogP contribution in [0.15, 0.2) is 5.16 Å². The molecule has 0 aliphatic heterocycles. The largest absolute Gasteiger partial charge is 0.394 e. The van der Waals surface area contributed by atoms with E-state index in [1.54, 1.807) is 6.21 Å². The van der Waals surface area contributed by atoms with E-state index in [1.165, 1.54) is 0 Å². The van der Waals surface area contributed by atoms with Gasteiger partial charge in [0.25, 0.3) is 0 Å². The van der Waals surface area contributed by atoms with E-state index in [0.717, 1.165) is 0 Å². The van der Waals surface area contributed by atoms with Gasteiger partial charge in [-0.2, -0.15) is 0 Å². The van der Waals surface area contributed by atoms with E-state index >= 15 is 0 Å². The second-order valence-electron chi connectivity index (χ2n) is 3.65. The van der Waals surface area contributed by atoms with Gasteiger partial charge in [-0.05, 0) is 5.92 Å². The van der Waals surface area contributed by atoms with E-state index in [9.17, 15) is 4.79 Å². The lowest BCUT2D eigenvalue weighted by Crippen LogP contribution is -2.26. The lowest BCUT2D eigenvalue weighted by molar-refractivity contribution is -0.121. The Morgan fingerprint density at radius 1 is 1.38 bits per heavy atom. The van der Waals surface area contributed by atoms with Gasteiger partial charge < -0.3 is 14.9 Å². The number of nitrogens with one attached hydrogen (secondary N) is 1. The minimum absolute atomic E-state index is 0.0429. The SMILES string of the molecule is CCC(=O)NCCOCCO/N=C/C(C)C. The van der Waals surface area contributed by atoms with E-state index in [-0.39, 0.29) is 5.91 Å². The predicted octanol–water partition coefficient (Wildman–Crippen LogP) is 1.19. The maximum absolute atomic E-state index is 10.8. The third kappa shape index (κ3) is 11.0. The Morgan fingerprint density at radius 3 is 2.75 bits per heavy atom. The van der Waals surface area contributed by atoms with Crippen LogP contribution in [0.5, 0.6) is 0 Å². The van der Waals surface area contributed by atoms with Crippen LogP contribution in [0.4, 0.5) is 0 Å². The molecule has 0 saturated heterocycles. The number of carbonyl (C=O) groups is 1. The van der Waals surface area contributed by atoms with Gasteiger partial charge in [-0.25, -0.2) is 0 Å². The molecule has 0 bridgehead atoms. The summed E-state index contributed by atoms with van der Waals surface area (Å²) in [4.78, 5) is 15.8. The average molecular weight is 230 g/mol. The molecule has 0 rings (SSSR count). The molecule has 0 saturated carbocycles. The third-order valence-corrected chi connectivity index (χ3v) is 1.64. The van der Waals surface area contributed by atoms with E-state index in [0.29, 0.717) is 38.7 Å². The predicted molar refractivity (Wildman–Crippen MR) is 63.4 cm³/mol. The molecule has 0 aromatic heterocycles. The van der Waals surface area contributed by atoms with Crippen LogP contribution in [0.25, 0.3) is 0 Å². The summed E-state index contributed by atoms with van der Waals surface area (Å²) >= 11 is 0. The monoisotopic (exact) mass is 230 g/mol. The van der Waals surface area contributed by atoms with Gasteiger partial charge in [0.2, 0.25) is 5.91 Å². The second-order valence-corrected chi connectivity index (χ2v) is 3.65. The fourth-order valence-electron chi connectivity index (χ4n) is 0.803. The number of rotatable bonds is 9. The number of oxime groups is 1. The summed E-state index contributed by atoms with van der Waals surface area (Å²) in [6.07, 6.45) is 2.24.